The van der Waals surface area contributed by atoms with Crippen LogP contribution in [0.5, 0.6) is 0 Å². The second kappa shape index (κ2) is 4.76. The zero-order valence-electron chi connectivity index (χ0n) is 10.9. The van der Waals surface area contributed by atoms with Gasteiger partial charge in [-0.1, -0.05) is 18.9 Å². The molecule has 1 N–H and O–H groups in total. The van der Waals surface area contributed by atoms with E-state index in [-0.39, 0.29) is 6.10 Å². The zero-order chi connectivity index (χ0) is 11.8. The number of hydrogen-bond acceptors (Lipinski definition) is 1. The summed E-state index contributed by atoms with van der Waals surface area (Å²) in [6.45, 7) is 3.74. The standard InChI is InChI=1S/C16H26O/c1-2-3-4-5-6-7-13(17)16-14-11-8-9-12(10-11)15(14)16/h2,11-17H,1,3-10H2. The van der Waals surface area contributed by atoms with Gasteiger partial charge in [-0.3, -0.25) is 0 Å². The van der Waals surface area contributed by atoms with Crippen LogP contribution < -0.4 is 0 Å². The van der Waals surface area contributed by atoms with Gasteiger partial charge in [0, 0.05) is 0 Å². The lowest BCUT2D eigenvalue weighted by Gasteiger charge is -2.14. The smallest absolute Gasteiger partial charge is 0.0574 e. The van der Waals surface area contributed by atoms with Crippen molar-refractivity contribution in [3.63, 3.8) is 0 Å². The first-order valence-electron chi connectivity index (χ1n) is 7.62. The highest BCUT2D eigenvalue weighted by Crippen LogP contribution is 2.70. The summed E-state index contributed by atoms with van der Waals surface area (Å²) >= 11 is 0. The summed E-state index contributed by atoms with van der Waals surface area (Å²) in [5.74, 6) is 4.60. The minimum absolute atomic E-state index is 0.0251. The topological polar surface area (TPSA) is 20.2 Å². The molecule has 0 amide bonds. The minimum atomic E-state index is 0.0251. The Morgan fingerprint density at radius 1 is 1.12 bits per heavy atom. The molecule has 3 fully saturated rings. The number of unbranched alkanes of at least 4 members (excludes halogenated alkanes) is 3. The van der Waals surface area contributed by atoms with E-state index < -0.39 is 0 Å². The maximum Gasteiger partial charge on any atom is 0.0574 e. The Morgan fingerprint density at radius 3 is 2.47 bits per heavy atom. The molecule has 5 atom stereocenters. The second-order valence-electron chi connectivity index (χ2n) is 6.56. The van der Waals surface area contributed by atoms with Crippen molar-refractivity contribution in [2.24, 2.45) is 29.6 Å². The van der Waals surface area contributed by atoms with Crippen LogP contribution in [0.15, 0.2) is 12.7 Å². The molecule has 0 saturated heterocycles. The highest BCUT2D eigenvalue weighted by Gasteiger charge is 2.66. The molecule has 3 aliphatic rings. The predicted molar refractivity (Wildman–Crippen MR) is 70.6 cm³/mol. The molecule has 0 aromatic heterocycles. The van der Waals surface area contributed by atoms with Gasteiger partial charge in [-0.2, -0.15) is 0 Å². The van der Waals surface area contributed by atoms with E-state index in [4.69, 9.17) is 0 Å². The van der Waals surface area contributed by atoms with Crippen LogP contribution in [0.1, 0.15) is 51.4 Å². The van der Waals surface area contributed by atoms with Gasteiger partial charge in [-0.15, -0.1) is 6.58 Å². The maximum absolute atomic E-state index is 10.3. The molecule has 0 aromatic carbocycles. The number of aliphatic hydroxyl groups excluding tert-OH is 1. The lowest BCUT2D eigenvalue weighted by atomic mass is 9.96. The zero-order valence-corrected chi connectivity index (χ0v) is 10.9. The molecule has 1 nitrogen and oxygen atoms in total. The Labute approximate surface area is 105 Å². The van der Waals surface area contributed by atoms with Gasteiger partial charge in [-0.25, -0.2) is 0 Å². The molecule has 0 radical (unpaired) electrons. The quantitative estimate of drug-likeness (QED) is 0.525. The largest absolute Gasteiger partial charge is 0.393 e. The van der Waals surface area contributed by atoms with Gasteiger partial charge in [0.25, 0.3) is 0 Å². The first-order valence-corrected chi connectivity index (χ1v) is 7.62. The number of allylic oxidation sites excluding steroid dienone is 1. The van der Waals surface area contributed by atoms with Crippen LogP contribution in [0.4, 0.5) is 0 Å². The summed E-state index contributed by atoms with van der Waals surface area (Å²) in [5, 5.41) is 10.3. The summed E-state index contributed by atoms with van der Waals surface area (Å²) in [7, 11) is 0. The summed E-state index contributed by atoms with van der Waals surface area (Å²) in [6, 6.07) is 0. The van der Waals surface area contributed by atoms with Gasteiger partial charge in [0.15, 0.2) is 0 Å². The Morgan fingerprint density at radius 2 is 1.82 bits per heavy atom. The van der Waals surface area contributed by atoms with Crippen molar-refractivity contribution in [2.75, 3.05) is 0 Å². The van der Waals surface area contributed by atoms with Crippen LogP contribution in [0.25, 0.3) is 0 Å². The third-order valence-electron chi connectivity index (χ3n) is 5.65. The molecule has 3 saturated carbocycles. The average Bonchev–Trinajstić information content (AvgIpc) is 2.78. The van der Waals surface area contributed by atoms with E-state index in [0.29, 0.717) is 5.92 Å². The Bertz CT molecular complexity index is 269. The SMILES string of the molecule is C=CCCCCCC(O)C1C2C3CCC(C3)C12. The van der Waals surface area contributed by atoms with Crippen molar-refractivity contribution >= 4 is 0 Å². The molecule has 0 aromatic rings. The monoisotopic (exact) mass is 234 g/mol. The van der Waals surface area contributed by atoms with Crippen molar-refractivity contribution in [3.8, 4) is 0 Å². The molecule has 0 heterocycles. The molecule has 96 valence electrons. The summed E-state index contributed by atoms with van der Waals surface area (Å²) < 4.78 is 0. The van der Waals surface area contributed by atoms with E-state index in [9.17, 15) is 5.11 Å². The van der Waals surface area contributed by atoms with Crippen LogP contribution in [-0.4, -0.2) is 11.2 Å². The van der Waals surface area contributed by atoms with Gasteiger partial charge in [0.1, 0.15) is 0 Å². The van der Waals surface area contributed by atoms with Crippen LogP contribution >= 0.6 is 0 Å². The highest BCUT2D eigenvalue weighted by molar-refractivity contribution is 5.14. The lowest BCUT2D eigenvalue weighted by molar-refractivity contribution is 0.116. The molecule has 3 rings (SSSR count). The van der Waals surface area contributed by atoms with Gasteiger partial charge in [0.05, 0.1) is 6.10 Å². The predicted octanol–water partition coefficient (Wildman–Crippen LogP) is 3.78. The number of fused-ring (bicyclic) bond motifs is 5. The number of hydrogen-bond donors (Lipinski definition) is 1. The number of aliphatic hydroxyl groups is 1. The van der Waals surface area contributed by atoms with Gasteiger partial charge in [0.2, 0.25) is 0 Å². The second-order valence-corrected chi connectivity index (χ2v) is 6.56. The van der Waals surface area contributed by atoms with Crippen LogP contribution in [0.2, 0.25) is 0 Å². The van der Waals surface area contributed by atoms with Crippen LogP contribution in [0.3, 0.4) is 0 Å². The summed E-state index contributed by atoms with van der Waals surface area (Å²) in [6.07, 6.45) is 12.4. The third-order valence-corrected chi connectivity index (χ3v) is 5.65. The van der Waals surface area contributed by atoms with E-state index >= 15 is 0 Å². The van der Waals surface area contributed by atoms with Crippen molar-refractivity contribution in [2.45, 2.75) is 57.5 Å². The lowest BCUT2D eigenvalue weighted by Crippen LogP contribution is -2.15. The maximum atomic E-state index is 10.3. The van der Waals surface area contributed by atoms with E-state index in [1.54, 1.807) is 0 Å². The fourth-order valence-corrected chi connectivity index (χ4v) is 4.92. The molecular weight excluding hydrogens is 208 g/mol. The molecule has 3 aliphatic carbocycles. The van der Waals surface area contributed by atoms with Crippen molar-refractivity contribution < 1.29 is 5.11 Å². The Balaban J connectivity index is 1.37. The highest BCUT2D eigenvalue weighted by atomic mass is 16.3. The van der Waals surface area contributed by atoms with E-state index in [1.165, 1.54) is 38.5 Å². The minimum Gasteiger partial charge on any atom is -0.393 e. The molecule has 17 heavy (non-hydrogen) atoms. The summed E-state index contributed by atoms with van der Waals surface area (Å²) in [4.78, 5) is 0. The van der Waals surface area contributed by atoms with Crippen molar-refractivity contribution in [3.05, 3.63) is 12.7 Å². The fraction of sp³-hybridized carbons (Fsp3) is 0.875. The van der Waals surface area contributed by atoms with Crippen LogP contribution in [-0.2, 0) is 0 Å². The molecule has 0 aliphatic heterocycles. The molecule has 1 heteroatoms. The molecule has 5 unspecified atom stereocenters. The first kappa shape index (κ1) is 11.8. The Kier molecular flexibility index (Phi) is 3.30. The van der Waals surface area contributed by atoms with E-state index in [1.807, 2.05) is 6.08 Å². The first-order chi connectivity index (χ1) is 8.33. The molecule has 2 bridgehead atoms. The fourth-order valence-electron chi connectivity index (χ4n) is 4.92. The molecular formula is C16H26O. The van der Waals surface area contributed by atoms with E-state index in [2.05, 4.69) is 6.58 Å². The van der Waals surface area contributed by atoms with Crippen LogP contribution in [0, 0.1) is 29.6 Å². The third kappa shape index (κ3) is 2.07. The summed E-state index contributed by atoms with van der Waals surface area (Å²) in [5.41, 5.74) is 0. The average molecular weight is 234 g/mol. The molecule has 0 spiro atoms. The Hall–Kier alpha value is -0.300. The van der Waals surface area contributed by atoms with Crippen molar-refractivity contribution in [1.29, 1.82) is 0 Å². The van der Waals surface area contributed by atoms with Gasteiger partial charge >= 0.3 is 0 Å². The normalized spacial score (nSPS) is 43.5. The van der Waals surface area contributed by atoms with E-state index in [0.717, 1.165) is 36.5 Å². The van der Waals surface area contributed by atoms with Gasteiger partial charge < -0.3 is 5.11 Å². The van der Waals surface area contributed by atoms with Crippen molar-refractivity contribution in [1.82, 2.24) is 0 Å². The van der Waals surface area contributed by atoms with Gasteiger partial charge in [-0.05, 0) is 68.1 Å². The number of rotatable bonds is 7.